The number of aromatic nitrogens is 2. The molecular formula is C19H30IN5. The van der Waals surface area contributed by atoms with Gasteiger partial charge in [-0.25, -0.2) is 4.98 Å². The number of benzene rings is 1. The number of nitrogens with zero attached hydrogens (tertiary/aromatic N) is 4. The molecule has 1 saturated heterocycles. The number of aryl methyl sites for hydroxylation is 1. The number of guanidine groups is 1. The van der Waals surface area contributed by atoms with Gasteiger partial charge < -0.3 is 14.8 Å². The zero-order valence-corrected chi connectivity index (χ0v) is 18.0. The summed E-state index contributed by atoms with van der Waals surface area (Å²) >= 11 is 0. The maximum absolute atomic E-state index is 4.64. The lowest BCUT2D eigenvalue weighted by Gasteiger charge is -2.37. The Morgan fingerprint density at radius 2 is 1.92 bits per heavy atom. The molecule has 1 aromatic carbocycles. The third kappa shape index (κ3) is 4.65. The van der Waals surface area contributed by atoms with E-state index in [0.29, 0.717) is 0 Å². The summed E-state index contributed by atoms with van der Waals surface area (Å²) in [5, 5.41) is 3.54. The highest BCUT2D eigenvalue weighted by Gasteiger charge is 2.23. The Morgan fingerprint density at radius 1 is 1.24 bits per heavy atom. The molecule has 2 unspecified atom stereocenters. The van der Waals surface area contributed by atoms with E-state index in [2.05, 4.69) is 63.7 Å². The van der Waals surface area contributed by atoms with Crippen molar-refractivity contribution in [3.05, 3.63) is 30.1 Å². The van der Waals surface area contributed by atoms with Gasteiger partial charge in [0.15, 0.2) is 5.96 Å². The zero-order valence-electron chi connectivity index (χ0n) is 15.7. The lowest BCUT2D eigenvalue weighted by atomic mass is 9.92. The van der Waals surface area contributed by atoms with Gasteiger partial charge in [0.05, 0.1) is 11.0 Å². The van der Waals surface area contributed by atoms with E-state index in [0.717, 1.165) is 55.3 Å². The monoisotopic (exact) mass is 455 g/mol. The Labute approximate surface area is 167 Å². The van der Waals surface area contributed by atoms with Crippen molar-refractivity contribution in [2.45, 2.75) is 33.7 Å². The van der Waals surface area contributed by atoms with Crippen LogP contribution < -0.4 is 5.32 Å². The first kappa shape index (κ1) is 20.0. The molecule has 1 fully saturated rings. The van der Waals surface area contributed by atoms with Crippen molar-refractivity contribution in [1.82, 2.24) is 19.8 Å². The molecule has 0 bridgehead atoms. The third-order valence-electron chi connectivity index (χ3n) is 4.84. The predicted molar refractivity (Wildman–Crippen MR) is 116 cm³/mol. The van der Waals surface area contributed by atoms with Crippen molar-refractivity contribution >= 4 is 41.0 Å². The van der Waals surface area contributed by atoms with Crippen molar-refractivity contribution in [2.75, 3.05) is 26.7 Å². The predicted octanol–water partition coefficient (Wildman–Crippen LogP) is 3.52. The van der Waals surface area contributed by atoms with Gasteiger partial charge in [-0.2, -0.15) is 0 Å². The van der Waals surface area contributed by atoms with Crippen molar-refractivity contribution in [1.29, 1.82) is 0 Å². The van der Waals surface area contributed by atoms with Crippen LogP contribution in [0, 0.1) is 18.8 Å². The van der Waals surface area contributed by atoms with Crippen molar-refractivity contribution < 1.29 is 0 Å². The minimum Gasteiger partial charge on any atom is -0.354 e. The van der Waals surface area contributed by atoms with Gasteiger partial charge in [-0.3, -0.25) is 4.99 Å². The smallest absolute Gasteiger partial charge is 0.193 e. The number of aliphatic imine (C=N–C) groups is 1. The summed E-state index contributed by atoms with van der Waals surface area (Å²) in [4.78, 5) is 11.5. The maximum atomic E-state index is 4.64. The van der Waals surface area contributed by atoms with Crippen LogP contribution >= 0.6 is 24.0 Å². The van der Waals surface area contributed by atoms with Crippen LogP contribution in [-0.4, -0.2) is 47.1 Å². The van der Waals surface area contributed by atoms with E-state index in [9.17, 15) is 0 Å². The zero-order chi connectivity index (χ0) is 17.1. The topological polar surface area (TPSA) is 45.5 Å². The molecule has 2 heterocycles. The van der Waals surface area contributed by atoms with E-state index in [1.54, 1.807) is 0 Å². The number of piperidine rings is 1. The Balaban J connectivity index is 0.00000225. The maximum Gasteiger partial charge on any atom is 0.193 e. The number of hydrogen-bond acceptors (Lipinski definition) is 2. The van der Waals surface area contributed by atoms with Gasteiger partial charge in [0.25, 0.3) is 0 Å². The normalized spacial score (nSPS) is 21.3. The standard InChI is InChI=1S/C19H29N5.HI/c1-14-11-15(2)13-23(12-14)19(20-4)21-9-10-24-16(3)22-17-7-5-6-8-18(17)24;/h5-8,14-15H,9-13H2,1-4H3,(H,20,21);1H. The molecule has 1 aliphatic heterocycles. The fourth-order valence-corrected chi connectivity index (χ4v) is 3.93. The summed E-state index contributed by atoms with van der Waals surface area (Å²) in [6.45, 7) is 10.7. The lowest BCUT2D eigenvalue weighted by Crippen LogP contribution is -2.49. The Hall–Kier alpha value is -1.31. The fraction of sp³-hybridized carbons (Fsp3) is 0.579. The van der Waals surface area contributed by atoms with E-state index in [1.165, 1.54) is 11.9 Å². The molecule has 1 aromatic heterocycles. The third-order valence-corrected chi connectivity index (χ3v) is 4.84. The number of nitrogens with one attached hydrogen (secondary N) is 1. The van der Waals surface area contributed by atoms with Gasteiger partial charge in [0, 0.05) is 33.2 Å². The van der Waals surface area contributed by atoms with Crippen LogP contribution in [0.5, 0.6) is 0 Å². The first-order chi connectivity index (χ1) is 11.6. The first-order valence-corrected chi connectivity index (χ1v) is 8.96. The second-order valence-electron chi connectivity index (χ2n) is 7.12. The quantitative estimate of drug-likeness (QED) is 0.438. The summed E-state index contributed by atoms with van der Waals surface area (Å²) in [7, 11) is 1.88. The summed E-state index contributed by atoms with van der Waals surface area (Å²) in [5.41, 5.74) is 2.27. The highest BCUT2D eigenvalue weighted by Crippen LogP contribution is 2.21. The van der Waals surface area contributed by atoms with E-state index in [4.69, 9.17) is 0 Å². The van der Waals surface area contributed by atoms with Gasteiger partial charge in [-0.05, 0) is 37.3 Å². The van der Waals surface area contributed by atoms with Gasteiger partial charge in [0.1, 0.15) is 5.82 Å². The average molecular weight is 455 g/mol. The number of hydrogen-bond donors (Lipinski definition) is 1. The second-order valence-corrected chi connectivity index (χ2v) is 7.12. The SMILES string of the molecule is CN=C(NCCn1c(C)nc2ccccc21)N1CC(C)CC(C)C1.I. The molecule has 2 aromatic rings. The number of rotatable bonds is 3. The highest BCUT2D eigenvalue weighted by molar-refractivity contribution is 14.0. The molecule has 5 nitrogen and oxygen atoms in total. The minimum absolute atomic E-state index is 0. The summed E-state index contributed by atoms with van der Waals surface area (Å²) < 4.78 is 2.27. The number of fused-ring (bicyclic) bond motifs is 1. The summed E-state index contributed by atoms with van der Waals surface area (Å²) in [6.07, 6.45) is 1.31. The van der Waals surface area contributed by atoms with Crippen LogP contribution in [-0.2, 0) is 6.54 Å². The van der Waals surface area contributed by atoms with E-state index >= 15 is 0 Å². The molecule has 0 saturated carbocycles. The van der Waals surface area contributed by atoms with Crippen LogP contribution in [0.15, 0.2) is 29.3 Å². The molecule has 138 valence electrons. The van der Waals surface area contributed by atoms with Gasteiger partial charge in [-0.1, -0.05) is 26.0 Å². The molecule has 1 N–H and O–H groups in total. The van der Waals surface area contributed by atoms with E-state index in [-0.39, 0.29) is 24.0 Å². The number of likely N-dealkylation sites (tertiary alicyclic amines) is 1. The Kier molecular flexibility index (Phi) is 7.10. The molecular weight excluding hydrogens is 425 g/mol. The summed E-state index contributed by atoms with van der Waals surface area (Å²) in [5.74, 6) is 3.54. The van der Waals surface area contributed by atoms with Gasteiger partial charge in [0.2, 0.25) is 0 Å². The van der Waals surface area contributed by atoms with E-state index < -0.39 is 0 Å². The van der Waals surface area contributed by atoms with Crippen LogP contribution in [0.2, 0.25) is 0 Å². The summed E-state index contributed by atoms with van der Waals surface area (Å²) in [6, 6.07) is 8.32. The average Bonchev–Trinajstić information content (AvgIpc) is 2.86. The van der Waals surface area contributed by atoms with Gasteiger partial charge >= 0.3 is 0 Å². The molecule has 0 spiro atoms. The Morgan fingerprint density at radius 3 is 2.60 bits per heavy atom. The van der Waals surface area contributed by atoms with Crippen LogP contribution in [0.25, 0.3) is 11.0 Å². The van der Waals surface area contributed by atoms with Crippen molar-refractivity contribution in [3.63, 3.8) is 0 Å². The molecule has 6 heteroatoms. The minimum atomic E-state index is 0. The van der Waals surface area contributed by atoms with Gasteiger partial charge in [-0.15, -0.1) is 24.0 Å². The number of imidazole rings is 1. The molecule has 25 heavy (non-hydrogen) atoms. The first-order valence-electron chi connectivity index (χ1n) is 8.96. The molecule has 0 aliphatic carbocycles. The van der Waals surface area contributed by atoms with E-state index in [1.807, 2.05) is 13.1 Å². The Bertz CT molecular complexity index is 714. The van der Waals surface area contributed by atoms with Crippen molar-refractivity contribution in [2.24, 2.45) is 16.8 Å². The van der Waals surface area contributed by atoms with Crippen LogP contribution in [0.4, 0.5) is 0 Å². The molecule has 0 radical (unpaired) electrons. The molecule has 0 amide bonds. The van der Waals surface area contributed by atoms with Crippen LogP contribution in [0.3, 0.4) is 0 Å². The second kappa shape index (κ2) is 8.87. The molecule has 2 atom stereocenters. The fourth-order valence-electron chi connectivity index (χ4n) is 3.93. The largest absolute Gasteiger partial charge is 0.354 e. The highest BCUT2D eigenvalue weighted by atomic mass is 127. The number of para-hydroxylation sites is 2. The lowest BCUT2D eigenvalue weighted by molar-refractivity contribution is 0.208. The number of halogens is 1. The van der Waals surface area contributed by atoms with Crippen molar-refractivity contribution in [3.8, 4) is 0 Å². The van der Waals surface area contributed by atoms with Crippen LogP contribution in [0.1, 0.15) is 26.1 Å². The molecule has 3 rings (SSSR count). The molecule has 1 aliphatic rings.